The molecule has 0 bridgehead atoms. The van der Waals surface area contributed by atoms with Crippen molar-refractivity contribution in [3.05, 3.63) is 0 Å². The predicted molar refractivity (Wildman–Crippen MR) is 72.1 cm³/mol. The number of nitrogens with zero attached hydrogens (tertiary/aromatic N) is 1. The van der Waals surface area contributed by atoms with Gasteiger partial charge in [-0.2, -0.15) is 0 Å². The summed E-state index contributed by atoms with van der Waals surface area (Å²) in [6.45, 7) is 10.1. The highest BCUT2D eigenvalue weighted by Gasteiger charge is 2.54. The third-order valence-corrected chi connectivity index (χ3v) is 5.66. The largest absolute Gasteiger partial charge is 0.317 e. The first kappa shape index (κ1) is 12.0. The summed E-state index contributed by atoms with van der Waals surface area (Å²) < 4.78 is 0. The molecule has 0 amide bonds. The summed E-state index contributed by atoms with van der Waals surface area (Å²) in [7, 11) is 0. The lowest BCUT2D eigenvalue weighted by molar-refractivity contribution is 0.111. The molecule has 3 aliphatic rings. The highest BCUT2D eigenvalue weighted by atomic mass is 15.2. The number of nitrogens with one attached hydrogen (secondary N) is 1. The lowest BCUT2D eigenvalue weighted by Crippen LogP contribution is -2.43. The second kappa shape index (κ2) is 4.55. The highest BCUT2D eigenvalue weighted by molar-refractivity contribution is 5.05. The van der Waals surface area contributed by atoms with Gasteiger partial charge in [0.2, 0.25) is 0 Å². The molecular weight excluding hydrogens is 208 g/mol. The maximum Gasteiger partial charge on any atom is 0.00672 e. The molecule has 2 saturated heterocycles. The maximum atomic E-state index is 3.51. The van der Waals surface area contributed by atoms with Gasteiger partial charge in [0.1, 0.15) is 0 Å². The van der Waals surface area contributed by atoms with E-state index in [0.717, 1.165) is 23.3 Å². The average Bonchev–Trinajstić information content (AvgIpc) is 2.97. The van der Waals surface area contributed by atoms with Gasteiger partial charge in [-0.15, -0.1) is 0 Å². The van der Waals surface area contributed by atoms with Crippen molar-refractivity contribution in [2.75, 3.05) is 26.2 Å². The Kier molecular flexibility index (Phi) is 3.20. The first-order chi connectivity index (χ1) is 8.20. The molecule has 3 rings (SSSR count). The van der Waals surface area contributed by atoms with Crippen LogP contribution in [0.2, 0.25) is 0 Å². The summed E-state index contributed by atoms with van der Waals surface area (Å²) in [4.78, 5) is 2.79. The number of likely N-dealkylation sites (tertiary alicyclic amines) is 1. The number of hydrogen-bond donors (Lipinski definition) is 1. The lowest BCUT2D eigenvalue weighted by Gasteiger charge is -2.37. The molecule has 0 aromatic carbocycles. The second-order valence-corrected chi connectivity index (χ2v) is 7.00. The van der Waals surface area contributed by atoms with Gasteiger partial charge in [-0.3, -0.25) is 0 Å². The van der Waals surface area contributed by atoms with E-state index in [2.05, 4.69) is 24.1 Å². The predicted octanol–water partition coefficient (Wildman–Crippen LogP) is 2.50. The van der Waals surface area contributed by atoms with Crippen LogP contribution in [0, 0.1) is 17.3 Å². The molecule has 0 aromatic heterocycles. The van der Waals surface area contributed by atoms with Crippen LogP contribution in [-0.2, 0) is 0 Å². The van der Waals surface area contributed by atoms with Crippen LogP contribution in [0.1, 0.15) is 46.0 Å². The van der Waals surface area contributed by atoms with Gasteiger partial charge in [-0.05, 0) is 69.4 Å². The van der Waals surface area contributed by atoms with Crippen LogP contribution in [0.4, 0.5) is 0 Å². The lowest BCUT2D eigenvalue weighted by atomic mass is 9.90. The molecule has 2 heterocycles. The molecule has 2 heteroatoms. The first-order valence-electron chi connectivity index (χ1n) is 7.64. The summed E-state index contributed by atoms with van der Waals surface area (Å²) in [5, 5.41) is 3.51. The zero-order chi connectivity index (χ0) is 11.9. The zero-order valence-electron chi connectivity index (χ0n) is 11.5. The normalized spacial score (nSPS) is 41.6. The third kappa shape index (κ3) is 2.39. The highest BCUT2D eigenvalue weighted by Crippen LogP contribution is 2.58. The Morgan fingerprint density at radius 1 is 1.18 bits per heavy atom. The molecule has 3 unspecified atom stereocenters. The molecule has 1 aliphatic carbocycles. The molecule has 2 aliphatic heterocycles. The van der Waals surface area contributed by atoms with Crippen molar-refractivity contribution in [3.63, 3.8) is 0 Å². The summed E-state index contributed by atoms with van der Waals surface area (Å²) in [6, 6.07) is 0.838. The zero-order valence-corrected chi connectivity index (χ0v) is 11.5. The van der Waals surface area contributed by atoms with Crippen LogP contribution in [0.3, 0.4) is 0 Å². The number of rotatable bonds is 2. The van der Waals surface area contributed by atoms with Crippen LogP contribution < -0.4 is 5.32 Å². The minimum atomic E-state index is 0.769. The Bertz CT molecular complexity index is 270. The molecule has 3 fully saturated rings. The maximum absolute atomic E-state index is 3.51. The van der Waals surface area contributed by atoms with Gasteiger partial charge in [0.05, 0.1) is 0 Å². The number of piperidine rings is 2. The first-order valence-corrected chi connectivity index (χ1v) is 7.64. The van der Waals surface area contributed by atoms with Gasteiger partial charge in [0, 0.05) is 19.1 Å². The van der Waals surface area contributed by atoms with Crippen molar-refractivity contribution < 1.29 is 0 Å². The topological polar surface area (TPSA) is 15.3 Å². The summed E-state index contributed by atoms with van der Waals surface area (Å²) in [6.07, 6.45) is 7.26. The van der Waals surface area contributed by atoms with Gasteiger partial charge < -0.3 is 10.2 Å². The Labute approximate surface area is 106 Å². The number of hydrogen-bond acceptors (Lipinski definition) is 2. The van der Waals surface area contributed by atoms with Crippen LogP contribution in [0.25, 0.3) is 0 Å². The fraction of sp³-hybridized carbons (Fsp3) is 1.00. The Hall–Kier alpha value is -0.0800. The fourth-order valence-corrected chi connectivity index (χ4v) is 4.14. The van der Waals surface area contributed by atoms with Gasteiger partial charge >= 0.3 is 0 Å². The third-order valence-electron chi connectivity index (χ3n) is 5.66. The van der Waals surface area contributed by atoms with Gasteiger partial charge in [-0.25, -0.2) is 0 Å². The van der Waals surface area contributed by atoms with Crippen LogP contribution >= 0.6 is 0 Å². The van der Waals surface area contributed by atoms with Gasteiger partial charge in [0.25, 0.3) is 0 Å². The molecule has 1 N–H and O–H groups in total. The Morgan fingerprint density at radius 2 is 1.94 bits per heavy atom. The summed E-state index contributed by atoms with van der Waals surface area (Å²) in [5.74, 6) is 1.95. The van der Waals surface area contributed by atoms with Crippen molar-refractivity contribution in [3.8, 4) is 0 Å². The molecule has 1 saturated carbocycles. The Morgan fingerprint density at radius 3 is 2.71 bits per heavy atom. The van der Waals surface area contributed by atoms with E-state index in [4.69, 9.17) is 0 Å². The average molecular weight is 236 g/mol. The minimum Gasteiger partial charge on any atom is -0.317 e. The van der Waals surface area contributed by atoms with Crippen LogP contribution in [0.5, 0.6) is 0 Å². The van der Waals surface area contributed by atoms with E-state index in [9.17, 15) is 0 Å². The summed E-state index contributed by atoms with van der Waals surface area (Å²) in [5.41, 5.74) is 0.769. The quantitative estimate of drug-likeness (QED) is 0.792. The van der Waals surface area contributed by atoms with E-state index in [0.29, 0.717) is 0 Å². The van der Waals surface area contributed by atoms with Crippen molar-refractivity contribution in [2.24, 2.45) is 17.3 Å². The Balaban J connectivity index is 1.54. The second-order valence-electron chi connectivity index (χ2n) is 7.00. The standard InChI is InChI=1S/C15H28N2/c1-12-3-4-13(2)17(10-12)11-14-9-15(14)5-7-16-8-6-15/h12-14,16H,3-11H2,1-2H3. The van der Waals surface area contributed by atoms with Gasteiger partial charge in [0.15, 0.2) is 0 Å². The van der Waals surface area contributed by atoms with Crippen molar-refractivity contribution in [1.82, 2.24) is 10.2 Å². The molecular formula is C15H28N2. The van der Waals surface area contributed by atoms with Crippen molar-refractivity contribution in [2.45, 2.75) is 52.0 Å². The van der Waals surface area contributed by atoms with E-state index >= 15 is 0 Å². The van der Waals surface area contributed by atoms with E-state index in [1.54, 1.807) is 0 Å². The minimum absolute atomic E-state index is 0.769. The molecule has 0 aromatic rings. The van der Waals surface area contributed by atoms with E-state index in [1.165, 1.54) is 58.3 Å². The molecule has 98 valence electrons. The van der Waals surface area contributed by atoms with E-state index < -0.39 is 0 Å². The van der Waals surface area contributed by atoms with E-state index in [1.807, 2.05) is 0 Å². The van der Waals surface area contributed by atoms with Crippen molar-refractivity contribution in [1.29, 1.82) is 0 Å². The molecule has 1 spiro atoms. The molecule has 2 nitrogen and oxygen atoms in total. The SMILES string of the molecule is CC1CCC(C)N(CC2CC23CCNCC3)C1. The van der Waals surface area contributed by atoms with Crippen LogP contribution in [-0.4, -0.2) is 37.1 Å². The molecule has 0 radical (unpaired) electrons. The molecule has 3 atom stereocenters. The monoisotopic (exact) mass is 236 g/mol. The van der Waals surface area contributed by atoms with Crippen LogP contribution in [0.15, 0.2) is 0 Å². The van der Waals surface area contributed by atoms with Gasteiger partial charge in [-0.1, -0.05) is 6.92 Å². The summed E-state index contributed by atoms with van der Waals surface area (Å²) >= 11 is 0. The van der Waals surface area contributed by atoms with Crippen molar-refractivity contribution >= 4 is 0 Å². The fourth-order valence-electron chi connectivity index (χ4n) is 4.14. The molecule has 17 heavy (non-hydrogen) atoms. The van der Waals surface area contributed by atoms with E-state index in [-0.39, 0.29) is 0 Å². The smallest absolute Gasteiger partial charge is 0.00672 e.